The van der Waals surface area contributed by atoms with Gasteiger partial charge in [-0.25, -0.2) is 15.0 Å². The van der Waals surface area contributed by atoms with E-state index in [0.717, 1.165) is 40.5 Å². The molecule has 2 N–H and O–H groups in total. The summed E-state index contributed by atoms with van der Waals surface area (Å²) in [5.41, 5.74) is 1.83. The van der Waals surface area contributed by atoms with Gasteiger partial charge in [0.15, 0.2) is 0 Å². The number of nitrogens with one attached hydrogen (secondary N) is 1. The second kappa shape index (κ2) is 10.9. The van der Waals surface area contributed by atoms with Crippen LogP contribution in [0.2, 0.25) is 0 Å². The molecule has 1 aromatic carbocycles. The van der Waals surface area contributed by atoms with E-state index < -0.39 is 23.6 Å². The second-order valence-electron chi connectivity index (χ2n) is 11.9. The molecule has 4 heterocycles. The van der Waals surface area contributed by atoms with Crippen LogP contribution in [0, 0.1) is 17.8 Å². The lowest BCUT2D eigenvalue weighted by Crippen LogP contribution is -2.46. The number of likely N-dealkylation sites (tertiary alicyclic amines) is 2. The molecule has 11 heteroatoms. The Labute approximate surface area is 242 Å². The van der Waals surface area contributed by atoms with Crippen LogP contribution in [0.15, 0.2) is 35.5 Å². The van der Waals surface area contributed by atoms with E-state index in [1.165, 1.54) is 43.2 Å². The van der Waals surface area contributed by atoms with Crippen LogP contribution in [-0.2, 0) is 9.59 Å². The van der Waals surface area contributed by atoms with Crippen molar-refractivity contribution in [1.82, 2.24) is 19.8 Å². The second-order valence-corrected chi connectivity index (χ2v) is 12.9. The van der Waals surface area contributed by atoms with Gasteiger partial charge < -0.3 is 20.2 Å². The Bertz CT molecular complexity index is 1520. The predicted molar refractivity (Wildman–Crippen MR) is 157 cm³/mol. The molecule has 3 amide bonds. The molecule has 0 bridgehead atoms. The standard InChI is InChI=1S/C30H34N6O4S/c1-16-4-6-24(36(13-16)30(40)28(39)33-21-11-22(26(37)31-2)27(38)32-12-21)17-5-7-25-23(10-17)34-29(41-25)18-8-19-14-35(3)15-20(19)9-18/h5,7,10-12,16,18-20,24H,2,4,6,8-9,13-15H2,1,3H3,(H,32,38)(H,33,39)/t16-,18?,19-,20+,24+/m0/s1. The largest absolute Gasteiger partial charge is 0.493 e. The number of carbonyl (C=O) groups is 3. The number of piperidine rings is 1. The molecule has 5 atom stereocenters. The van der Waals surface area contributed by atoms with Gasteiger partial charge in [0.25, 0.3) is 5.91 Å². The van der Waals surface area contributed by atoms with Gasteiger partial charge in [0, 0.05) is 25.6 Å². The van der Waals surface area contributed by atoms with E-state index in [0.29, 0.717) is 12.5 Å². The number of anilines is 1. The van der Waals surface area contributed by atoms with Crippen molar-refractivity contribution in [1.29, 1.82) is 0 Å². The van der Waals surface area contributed by atoms with Crippen LogP contribution >= 0.6 is 11.3 Å². The first-order chi connectivity index (χ1) is 19.7. The lowest BCUT2D eigenvalue weighted by atomic mass is 9.89. The maximum atomic E-state index is 13.5. The van der Waals surface area contributed by atoms with Crippen molar-refractivity contribution in [2.45, 2.75) is 44.6 Å². The fourth-order valence-electron chi connectivity index (χ4n) is 6.89. The van der Waals surface area contributed by atoms with Crippen molar-refractivity contribution in [2.24, 2.45) is 22.7 Å². The number of amides is 3. The zero-order valence-electron chi connectivity index (χ0n) is 23.2. The van der Waals surface area contributed by atoms with E-state index in [9.17, 15) is 19.5 Å². The first kappa shape index (κ1) is 27.5. The summed E-state index contributed by atoms with van der Waals surface area (Å²) in [5.74, 6) is -0.508. The molecule has 41 heavy (non-hydrogen) atoms. The number of aliphatic imine (C=N–C) groups is 1. The smallest absolute Gasteiger partial charge is 0.313 e. The van der Waals surface area contributed by atoms with Gasteiger partial charge in [0.1, 0.15) is 5.56 Å². The number of fused-ring (bicyclic) bond motifs is 2. The van der Waals surface area contributed by atoms with E-state index >= 15 is 0 Å². The number of aromatic hydroxyl groups is 1. The minimum Gasteiger partial charge on any atom is -0.493 e. The molecule has 214 valence electrons. The quantitative estimate of drug-likeness (QED) is 0.353. The number of thiazole rings is 1. The van der Waals surface area contributed by atoms with E-state index in [2.05, 4.69) is 59.1 Å². The van der Waals surface area contributed by atoms with Crippen molar-refractivity contribution in [3.05, 3.63) is 46.6 Å². The van der Waals surface area contributed by atoms with Gasteiger partial charge in [0.2, 0.25) is 5.88 Å². The normalized spacial score (nSPS) is 26.2. The van der Waals surface area contributed by atoms with Crippen LogP contribution in [0.1, 0.15) is 65.5 Å². The molecular formula is C30H34N6O4S. The van der Waals surface area contributed by atoms with Gasteiger partial charge in [0.05, 0.1) is 33.2 Å². The van der Waals surface area contributed by atoms with Crippen LogP contribution in [-0.4, -0.2) is 76.0 Å². The molecule has 10 nitrogen and oxygen atoms in total. The van der Waals surface area contributed by atoms with Crippen LogP contribution in [0.4, 0.5) is 5.69 Å². The molecule has 3 aromatic rings. The van der Waals surface area contributed by atoms with Crippen molar-refractivity contribution in [3.63, 3.8) is 0 Å². The lowest BCUT2D eigenvalue weighted by molar-refractivity contribution is -0.146. The Morgan fingerprint density at radius 1 is 1.12 bits per heavy atom. The van der Waals surface area contributed by atoms with Gasteiger partial charge in [-0.1, -0.05) is 13.0 Å². The Morgan fingerprint density at radius 2 is 1.88 bits per heavy atom. The molecule has 0 spiro atoms. The molecular weight excluding hydrogens is 540 g/mol. The van der Waals surface area contributed by atoms with Crippen molar-refractivity contribution < 1.29 is 19.5 Å². The number of benzene rings is 1. The van der Waals surface area contributed by atoms with Crippen molar-refractivity contribution in [2.75, 3.05) is 32.0 Å². The van der Waals surface area contributed by atoms with Crippen molar-refractivity contribution >= 4 is 51.7 Å². The van der Waals surface area contributed by atoms with Gasteiger partial charge in [-0.05, 0) is 81.0 Å². The third kappa shape index (κ3) is 5.36. The molecule has 1 unspecified atom stereocenters. The summed E-state index contributed by atoms with van der Waals surface area (Å²) in [5, 5.41) is 13.6. The summed E-state index contributed by atoms with van der Waals surface area (Å²) < 4.78 is 1.15. The number of carbonyl (C=O) groups excluding carboxylic acids is 3. The fraction of sp³-hybridized carbons (Fsp3) is 0.467. The van der Waals surface area contributed by atoms with E-state index in [1.54, 1.807) is 16.2 Å². The minimum atomic E-state index is -0.837. The summed E-state index contributed by atoms with van der Waals surface area (Å²) in [7, 11) is 2.21. The summed E-state index contributed by atoms with van der Waals surface area (Å²) in [6.07, 6.45) is 5.27. The SMILES string of the molecule is C=NC(=O)c1cc(NC(=O)C(=O)N2C[C@@H](C)CC[C@@H]2c2ccc3sc(C4C[C@@H]5CN(C)C[C@@H]5C4)nc3c2)cnc1O. The van der Waals surface area contributed by atoms with Crippen molar-refractivity contribution in [3.8, 4) is 5.88 Å². The molecule has 2 saturated heterocycles. The van der Waals surface area contributed by atoms with Gasteiger partial charge >= 0.3 is 11.8 Å². The third-order valence-corrected chi connectivity index (χ3v) is 10.1. The molecule has 6 rings (SSSR count). The molecule has 1 saturated carbocycles. The molecule has 0 radical (unpaired) electrons. The molecule has 1 aliphatic carbocycles. The zero-order chi connectivity index (χ0) is 28.8. The zero-order valence-corrected chi connectivity index (χ0v) is 24.1. The first-order valence-electron chi connectivity index (χ1n) is 14.1. The van der Waals surface area contributed by atoms with Gasteiger partial charge in [-0.2, -0.15) is 0 Å². The number of rotatable bonds is 4. The van der Waals surface area contributed by atoms with Crippen LogP contribution in [0.25, 0.3) is 10.2 Å². The Balaban J connectivity index is 1.20. The maximum Gasteiger partial charge on any atom is 0.313 e. The van der Waals surface area contributed by atoms with Gasteiger partial charge in [-0.3, -0.25) is 14.4 Å². The summed E-state index contributed by atoms with van der Waals surface area (Å²) in [4.78, 5) is 54.6. The molecule has 2 aromatic heterocycles. The van der Waals surface area contributed by atoms with Gasteiger partial charge in [-0.15, -0.1) is 11.3 Å². The topological polar surface area (TPSA) is 128 Å². The summed E-state index contributed by atoms with van der Waals surface area (Å²) >= 11 is 1.78. The third-order valence-electron chi connectivity index (χ3n) is 8.87. The van der Waals surface area contributed by atoms with Crippen LogP contribution < -0.4 is 5.32 Å². The van der Waals surface area contributed by atoms with Crippen LogP contribution in [0.5, 0.6) is 5.88 Å². The van der Waals surface area contributed by atoms with E-state index in [4.69, 9.17) is 4.98 Å². The Morgan fingerprint density at radius 3 is 2.61 bits per heavy atom. The van der Waals surface area contributed by atoms with E-state index in [1.807, 2.05) is 0 Å². The Hall–Kier alpha value is -3.70. The lowest BCUT2D eigenvalue weighted by Gasteiger charge is -2.38. The number of hydrogen-bond acceptors (Lipinski definition) is 8. The number of pyridine rings is 1. The average molecular weight is 575 g/mol. The highest BCUT2D eigenvalue weighted by atomic mass is 32.1. The highest BCUT2D eigenvalue weighted by molar-refractivity contribution is 7.18. The first-order valence-corrected chi connectivity index (χ1v) is 14.9. The monoisotopic (exact) mass is 574 g/mol. The maximum absolute atomic E-state index is 13.5. The predicted octanol–water partition coefficient (Wildman–Crippen LogP) is 4.23. The average Bonchev–Trinajstić information content (AvgIpc) is 3.65. The molecule has 3 aliphatic rings. The molecule has 2 aliphatic heterocycles. The van der Waals surface area contributed by atoms with E-state index in [-0.39, 0.29) is 23.2 Å². The number of hydrogen-bond donors (Lipinski definition) is 2. The van der Waals surface area contributed by atoms with Crippen LogP contribution in [0.3, 0.4) is 0 Å². The highest BCUT2D eigenvalue weighted by Gasteiger charge is 2.41. The summed E-state index contributed by atoms with van der Waals surface area (Å²) in [6.45, 7) is 8.06. The molecule has 3 fully saturated rings. The number of aromatic nitrogens is 2. The minimum absolute atomic E-state index is 0.105. The Kier molecular flexibility index (Phi) is 7.33. The highest BCUT2D eigenvalue weighted by Crippen LogP contribution is 2.47. The summed E-state index contributed by atoms with van der Waals surface area (Å²) in [6, 6.07) is 7.22. The number of nitrogens with zero attached hydrogens (tertiary/aromatic N) is 5. The fourth-order valence-corrected chi connectivity index (χ4v) is 7.96.